The molecule has 3 heteroatoms. The number of H-pyrrole nitrogens is 1. The molecule has 0 unspecified atom stereocenters. The van der Waals surface area contributed by atoms with Crippen molar-refractivity contribution in [3.63, 3.8) is 0 Å². The number of benzene rings is 1. The number of rotatable bonds is 2. The number of fused-ring (bicyclic) bond motifs is 1. The summed E-state index contributed by atoms with van der Waals surface area (Å²) in [5, 5.41) is 10.9. The van der Waals surface area contributed by atoms with Crippen molar-refractivity contribution in [1.29, 1.82) is 0 Å². The highest BCUT2D eigenvalue weighted by Crippen LogP contribution is 2.30. The average Bonchev–Trinajstić information content (AvgIpc) is 2.88. The molecule has 3 nitrogen and oxygen atoms in total. The Kier molecular flexibility index (Phi) is 2.56. The number of nitrogens with one attached hydrogen (secondary N) is 1. The predicted octanol–water partition coefficient (Wildman–Crippen LogP) is 2.37. The molecule has 1 aliphatic rings. The van der Waals surface area contributed by atoms with Gasteiger partial charge in [-0.25, -0.2) is 0 Å². The summed E-state index contributed by atoms with van der Waals surface area (Å²) in [5.41, 5.74) is 2.28. The minimum absolute atomic E-state index is 0.394. The van der Waals surface area contributed by atoms with Crippen molar-refractivity contribution in [1.82, 2.24) is 9.88 Å². The maximum absolute atomic E-state index is 9.94. The maximum Gasteiger partial charge on any atom is 0.125 e. The molecule has 0 amide bonds. The first kappa shape index (κ1) is 10.7. The van der Waals surface area contributed by atoms with Gasteiger partial charge in [0, 0.05) is 23.6 Å². The van der Waals surface area contributed by atoms with E-state index in [9.17, 15) is 5.11 Å². The molecule has 0 saturated carbocycles. The van der Waals surface area contributed by atoms with Gasteiger partial charge in [0.15, 0.2) is 0 Å². The number of hydrogen-bond donors (Lipinski definition) is 2. The Bertz CT molecular complexity index is 532. The van der Waals surface area contributed by atoms with Crippen molar-refractivity contribution in [3.05, 3.63) is 30.0 Å². The Morgan fingerprint density at radius 1 is 1.47 bits per heavy atom. The molecule has 2 heterocycles. The van der Waals surface area contributed by atoms with Crippen LogP contribution in [0.2, 0.25) is 0 Å². The van der Waals surface area contributed by atoms with Gasteiger partial charge in [-0.2, -0.15) is 0 Å². The molecule has 1 saturated heterocycles. The third kappa shape index (κ3) is 1.91. The van der Waals surface area contributed by atoms with Gasteiger partial charge < -0.3 is 15.0 Å². The molecule has 3 rings (SSSR count). The van der Waals surface area contributed by atoms with Gasteiger partial charge in [0.25, 0.3) is 0 Å². The number of aromatic amines is 1. The largest absolute Gasteiger partial charge is 0.507 e. The molecular formula is C14H18N2O. The van der Waals surface area contributed by atoms with Crippen LogP contribution in [0.1, 0.15) is 12.0 Å². The summed E-state index contributed by atoms with van der Waals surface area (Å²) in [6.07, 6.45) is 4.36. The number of likely N-dealkylation sites (tertiary alicyclic amines) is 1. The summed E-state index contributed by atoms with van der Waals surface area (Å²) in [6, 6.07) is 5.65. The number of phenols is 1. The number of aromatic nitrogens is 1. The van der Waals surface area contributed by atoms with Gasteiger partial charge in [-0.05, 0) is 50.0 Å². The van der Waals surface area contributed by atoms with Crippen molar-refractivity contribution >= 4 is 10.9 Å². The molecule has 2 N–H and O–H groups in total. The monoisotopic (exact) mass is 230 g/mol. The fourth-order valence-corrected chi connectivity index (χ4v) is 2.90. The van der Waals surface area contributed by atoms with Crippen molar-refractivity contribution in [2.75, 3.05) is 20.1 Å². The van der Waals surface area contributed by atoms with Crippen molar-refractivity contribution < 1.29 is 5.11 Å². The third-order valence-corrected chi connectivity index (χ3v) is 3.76. The first-order chi connectivity index (χ1) is 8.24. The lowest BCUT2D eigenvalue weighted by atomic mass is 9.98. The normalized spacial score (nSPS) is 21.4. The Morgan fingerprint density at radius 3 is 3.12 bits per heavy atom. The zero-order chi connectivity index (χ0) is 11.8. The summed E-state index contributed by atoms with van der Waals surface area (Å²) in [7, 11) is 2.17. The summed E-state index contributed by atoms with van der Waals surface area (Å²) in [4.78, 5) is 5.61. The zero-order valence-electron chi connectivity index (χ0n) is 10.1. The summed E-state index contributed by atoms with van der Waals surface area (Å²) >= 11 is 0. The lowest BCUT2D eigenvalue weighted by molar-refractivity contribution is 0.394. The first-order valence-corrected chi connectivity index (χ1v) is 6.20. The molecule has 0 spiro atoms. The molecule has 0 bridgehead atoms. The second-order valence-electron chi connectivity index (χ2n) is 5.13. The van der Waals surface area contributed by atoms with Crippen LogP contribution in [0.15, 0.2) is 24.4 Å². The minimum Gasteiger partial charge on any atom is -0.507 e. The van der Waals surface area contributed by atoms with Gasteiger partial charge >= 0.3 is 0 Å². The standard InChI is InChI=1S/C14H18N2O/c1-16-6-5-10(9-16)7-11-8-15-12-3-2-4-13(17)14(11)12/h2-4,8,10,15,17H,5-7,9H2,1H3/t10-/m1/s1. The van der Waals surface area contributed by atoms with E-state index in [0.717, 1.165) is 23.2 Å². The molecule has 1 fully saturated rings. The lowest BCUT2D eigenvalue weighted by Crippen LogP contribution is -2.14. The van der Waals surface area contributed by atoms with Crippen LogP contribution in [0.25, 0.3) is 10.9 Å². The third-order valence-electron chi connectivity index (χ3n) is 3.76. The van der Waals surface area contributed by atoms with E-state index in [0.29, 0.717) is 5.75 Å². The second-order valence-corrected chi connectivity index (χ2v) is 5.13. The molecule has 1 aromatic carbocycles. The average molecular weight is 230 g/mol. The van der Waals surface area contributed by atoms with E-state index in [1.165, 1.54) is 25.1 Å². The topological polar surface area (TPSA) is 39.3 Å². The molecular weight excluding hydrogens is 212 g/mol. The fourth-order valence-electron chi connectivity index (χ4n) is 2.90. The van der Waals surface area contributed by atoms with E-state index < -0.39 is 0 Å². The first-order valence-electron chi connectivity index (χ1n) is 6.20. The van der Waals surface area contributed by atoms with Gasteiger partial charge in [0.1, 0.15) is 5.75 Å². The highest BCUT2D eigenvalue weighted by Gasteiger charge is 2.21. The predicted molar refractivity (Wildman–Crippen MR) is 69.3 cm³/mol. The molecule has 0 aliphatic carbocycles. The molecule has 90 valence electrons. The SMILES string of the molecule is CN1CC[C@H](Cc2c[nH]c3cccc(O)c23)C1. The van der Waals surface area contributed by atoms with Crippen LogP contribution in [0.4, 0.5) is 0 Å². The van der Waals surface area contributed by atoms with E-state index >= 15 is 0 Å². The van der Waals surface area contributed by atoms with Gasteiger partial charge in [0.05, 0.1) is 0 Å². The van der Waals surface area contributed by atoms with Crippen LogP contribution < -0.4 is 0 Å². The second kappa shape index (κ2) is 4.08. The van der Waals surface area contributed by atoms with Crippen LogP contribution >= 0.6 is 0 Å². The molecule has 1 aliphatic heterocycles. The fraction of sp³-hybridized carbons (Fsp3) is 0.429. The summed E-state index contributed by atoms with van der Waals surface area (Å²) in [6.45, 7) is 2.36. The number of phenolic OH excluding ortho intramolecular Hbond substituents is 1. The quantitative estimate of drug-likeness (QED) is 0.831. The Hall–Kier alpha value is -1.48. The zero-order valence-corrected chi connectivity index (χ0v) is 10.1. The van der Waals surface area contributed by atoms with E-state index in [2.05, 4.69) is 16.9 Å². The maximum atomic E-state index is 9.94. The van der Waals surface area contributed by atoms with E-state index in [1.54, 1.807) is 6.07 Å². The minimum atomic E-state index is 0.394. The molecule has 1 aromatic heterocycles. The van der Waals surface area contributed by atoms with Crippen LogP contribution in [0.5, 0.6) is 5.75 Å². The van der Waals surface area contributed by atoms with Crippen LogP contribution in [-0.4, -0.2) is 35.1 Å². The van der Waals surface area contributed by atoms with Crippen molar-refractivity contribution in [2.45, 2.75) is 12.8 Å². The van der Waals surface area contributed by atoms with Crippen molar-refractivity contribution in [3.8, 4) is 5.75 Å². The lowest BCUT2D eigenvalue weighted by Gasteiger charge is -2.09. The van der Waals surface area contributed by atoms with Crippen LogP contribution in [0.3, 0.4) is 0 Å². The van der Waals surface area contributed by atoms with Gasteiger partial charge in [-0.3, -0.25) is 0 Å². The molecule has 17 heavy (non-hydrogen) atoms. The van der Waals surface area contributed by atoms with Crippen molar-refractivity contribution in [2.24, 2.45) is 5.92 Å². The Balaban J connectivity index is 1.90. The molecule has 0 radical (unpaired) electrons. The highest BCUT2D eigenvalue weighted by molar-refractivity contribution is 5.88. The summed E-state index contributed by atoms with van der Waals surface area (Å²) < 4.78 is 0. The van der Waals surface area contributed by atoms with E-state index in [4.69, 9.17) is 0 Å². The molecule has 2 aromatic rings. The number of nitrogens with zero attached hydrogens (tertiary/aromatic N) is 1. The van der Waals surface area contributed by atoms with Crippen LogP contribution in [0, 0.1) is 5.92 Å². The summed E-state index contributed by atoms with van der Waals surface area (Å²) in [5.74, 6) is 1.11. The van der Waals surface area contributed by atoms with Gasteiger partial charge in [0.2, 0.25) is 0 Å². The number of aromatic hydroxyl groups is 1. The number of hydrogen-bond acceptors (Lipinski definition) is 2. The van der Waals surface area contributed by atoms with E-state index in [1.807, 2.05) is 18.3 Å². The van der Waals surface area contributed by atoms with Gasteiger partial charge in [-0.15, -0.1) is 0 Å². The molecule has 1 atom stereocenters. The van der Waals surface area contributed by atoms with Crippen LogP contribution in [-0.2, 0) is 6.42 Å². The highest BCUT2D eigenvalue weighted by atomic mass is 16.3. The Morgan fingerprint density at radius 2 is 2.35 bits per heavy atom. The Labute approximate surface area is 101 Å². The van der Waals surface area contributed by atoms with Gasteiger partial charge in [-0.1, -0.05) is 6.07 Å². The smallest absolute Gasteiger partial charge is 0.125 e. The van der Waals surface area contributed by atoms with E-state index in [-0.39, 0.29) is 0 Å².